The second-order valence-electron chi connectivity index (χ2n) is 4.92. The van der Waals surface area contributed by atoms with Gasteiger partial charge in [-0.2, -0.15) is 23.4 Å². The highest BCUT2D eigenvalue weighted by Crippen LogP contribution is 2.36. The summed E-state index contributed by atoms with van der Waals surface area (Å²) >= 11 is 0. The van der Waals surface area contributed by atoms with Gasteiger partial charge in [0, 0.05) is 17.4 Å². The fourth-order valence-electron chi connectivity index (χ4n) is 2.15. The molecule has 0 aliphatic carbocycles. The van der Waals surface area contributed by atoms with E-state index in [4.69, 9.17) is 4.74 Å². The minimum absolute atomic E-state index is 0.0735. The monoisotopic (exact) mass is 339 g/mol. The minimum atomic E-state index is -4.55. The quantitative estimate of drug-likeness (QED) is 0.798. The van der Waals surface area contributed by atoms with Crippen molar-refractivity contribution >= 4 is 17.5 Å². The van der Waals surface area contributed by atoms with Gasteiger partial charge in [-0.15, -0.1) is 0 Å². The number of amides is 1. The van der Waals surface area contributed by atoms with E-state index in [1.807, 2.05) is 0 Å². The second-order valence-corrected chi connectivity index (χ2v) is 4.92. The van der Waals surface area contributed by atoms with Crippen LogP contribution in [0.5, 0.6) is 0 Å². The molecule has 0 saturated heterocycles. The molecular formula is C14H12F3N5O2. The van der Waals surface area contributed by atoms with Crippen LogP contribution in [0.15, 0.2) is 35.6 Å². The van der Waals surface area contributed by atoms with Gasteiger partial charge in [-0.3, -0.25) is 5.10 Å². The first-order chi connectivity index (χ1) is 11.4. The molecule has 24 heavy (non-hydrogen) atoms. The predicted molar refractivity (Wildman–Crippen MR) is 78.4 cm³/mol. The number of nitrogens with zero attached hydrogens (tertiary/aromatic N) is 2. The molecule has 1 aromatic carbocycles. The number of cyclic esters (lactones) is 1. The summed E-state index contributed by atoms with van der Waals surface area (Å²) in [5, 5.41) is 12.9. The van der Waals surface area contributed by atoms with Crippen molar-refractivity contribution in [3.63, 3.8) is 0 Å². The lowest BCUT2D eigenvalue weighted by molar-refractivity contribution is -0.137. The molecule has 1 aliphatic heterocycles. The Bertz CT molecular complexity index is 771. The smallest absolute Gasteiger partial charge is 0.428 e. The zero-order valence-electron chi connectivity index (χ0n) is 12.1. The van der Waals surface area contributed by atoms with E-state index in [-0.39, 0.29) is 30.1 Å². The summed E-state index contributed by atoms with van der Waals surface area (Å²) in [4.78, 5) is 10.9. The maximum absolute atomic E-state index is 13.3. The first-order valence-corrected chi connectivity index (χ1v) is 6.87. The average molecular weight is 339 g/mol. The third-order valence-corrected chi connectivity index (χ3v) is 3.30. The summed E-state index contributed by atoms with van der Waals surface area (Å²) in [6.45, 7) is -0.0464. The van der Waals surface area contributed by atoms with Gasteiger partial charge in [0.05, 0.1) is 17.8 Å². The van der Waals surface area contributed by atoms with Crippen molar-refractivity contribution in [2.45, 2.75) is 12.7 Å². The minimum Gasteiger partial charge on any atom is -0.442 e. The van der Waals surface area contributed by atoms with Gasteiger partial charge < -0.3 is 10.1 Å². The molecular weight excluding hydrogens is 327 g/mol. The van der Waals surface area contributed by atoms with Gasteiger partial charge in [0.25, 0.3) is 0 Å². The Morgan fingerprint density at radius 1 is 1.29 bits per heavy atom. The highest BCUT2D eigenvalue weighted by molar-refractivity contribution is 6.04. The lowest BCUT2D eigenvalue weighted by Gasteiger charge is -2.18. The topological polar surface area (TPSA) is 91.4 Å². The highest BCUT2D eigenvalue weighted by Gasteiger charge is 2.34. The zero-order valence-corrected chi connectivity index (χ0v) is 12.1. The van der Waals surface area contributed by atoms with Gasteiger partial charge in [-0.1, -0.05) is 6.07 Å². The lowest BCUT2D eigenvalue weighted by atomic mass is 10.0. The SMILES string of the molecule is O=C1NN=C(c2ccc(NCc3cc[nH]n3)c(C(F)(F)F)c2)CO1. The Kier molecular flexibility index (Phi) is 4.11. The maximum Gasteiger partial charge on any atom is 0.428 e. The first kappa shape index (κ1) is 15.8. The molecule has 0 saturated carbocycles. The van der Waals surface area contributed by atoms with Gasteiger partial charge in [0.2, 0.25) is 0 Å². The molecule has 3 rings (SSSR count). The van der Waals surface area contributed by atoms with Crippen LogP contribution in [0.2, 0.25) is 0 Å². The number of hydrazone groups is 1. The Labute approximate surface area is 133 Å². The summed E-state index contributed by atoms with van der Waals surface area (Å²) in [5.41, 5.74) is 2.16. The summed E-state index contributed by atoms with van der Waals surface area (Å²) in [6, 6.07) is 5.41. The van der Waals surface area contributed by atoms with E-state index in [9.17, 15) is 18.0 Å². The standard InChI is InChI=1S/C14H12F3N5O2/c15-14(16,17)10-5-8(12-7-24-13(23)22-21-12)1-2-11(10)18-6-9-3-4-19-20-9/h1-5,18H,6-7H2,(H,19,20)(H,22,23). The molecule has 0 spiro atoms. The third-order valence-electron chi connectivity index (χ3n) is 3.30. The van der Waals surface area contributed by atoms with Crippen LogP contribution in [0.25, 0.3) is 0 Å². The normalized spacial score (nSPS) is 14.6. The summed E-state index contributed by atoms with van der Waals surface area (Å²) < 4.78 is 44.7. The van der Waals surface area contributed by atoms with Crippen molar-refractivity contribution in [2.24, 2.45) is 5.10 Å². The molecule has 2 aromatic rings. The van der Waals surface area contributed by atoms with Gasteiger partial charge in [0.1, 0.15) is 12.3 Å². The maximum atomic E-state index is 13.3. The number of ether oxygens (including phenoxy) is 1. The van der Waals surface area contributed by atoms with E-state index >= 15 is 0 Å². The number of hydrogen-bond donors (Lipinski definition) is 3. The lowest BCUT2D eigenvalue weighted by Crippen LogP contribution is -2.30. The number of aromatic nitrogens is 2. The Hall–Kier alpha value is -3.04. The number of H-pyrrole nitrogens is 1. The number of benzene rings is 1. The second kappa shape index (κ2) is 6.22. The summed E-state index contributed by atoms with van der Waals surface area (Å²) in [7, 11) is 0. The summed E-state index contributed by atoms with van der Waals surface area (Å²) in [5.74, 6) is 0. The fraction of sp³-hybridized carbons (Fsp3) is 0.214. The molecule has 1 amide bonds. The van der Waals surface area contributed by atoms with E-state index < -0.39 is 17.8 Å². The molecule has 1 aromatic heterocycles. The zero-order chi connectivity index (χ0) is 17.2. The van der Waals surface area contributed by atoms with Crippen LogP contribution in [0.1, 0.15) is 16.8 Å². The summed E-state index contributed by atoms with van der Waals surface area (Å²) in [6.07, 6.45) is -3.71. The molecule has 10 heteroatoms. The van der Waals surface area contributed by atoms with Gasteiger partial charge >= 0.3 is 12.3 Å². The first-order valence-electron chi connectivity index (χ1n) is 6.87. The Morgan fingerprint density at radius 3 is 2.75 bits per heavy atom. The molecule has 1 aliphatic rings. The van der Waals surface area contributed by atoms with E-state index in [0.717, 1.165) is 6.07 Å². The molecule has 0 unspecified atom stereocenters. The van der Waals surface area contributed by atoms with Crippen LogP contribution >= 0.6 is 0 Å². The number of aromatic amines is 1. The van der Waals surface area contributed by atoms with Crippen molar-refractivity contribution in [3.8, 4) is 0 Å². The van der Waals surface area contributed by atoms with Crippen LogP contribution in [0.3, 0.4) is 0 Å². The van der Waals surface area contributed by atoms with Crippen molar-refractivity contribution in [3.05, 3.63) is 47.3 Å². The predicted octanol–water partition coefficient (Wildman–Crippen LogP) is 2.48. The number of rotatable bonds is 4. The molecule has 0 atom stereocenters. The number of anilines is 1. The number of hydrogen-bond acceptors (Lipinski definition) is 5. The van der Waals surface area contributed by atoms with Crippen molar-refractivity contribution < 1.29 is 22.7 Å². The van der Waals surface area contributed by atoms with E-state index in [2.05, 4.69) is 26.0 Å². The highest BCUT2D eigenvalue weighted by atomic mass is 19.4. The molecule has 7 nitrogen and oxygen atoms in total. The number of carbonyl (C=O) groups is 1. The van der Waals surface area contributed by atoms with Gasteiger partial charge in [0.15, 0.2) is 0 Å². The van der Waals surface area contributed by atoms with Crippen molar-refractivity contribution in [1.82, 2.24) is 15.6 Å². The molecule has 3 N–H and O–H groups in total. The fourth-order valence-corrected chi connectivity index (χ4v) is 2.15. The van der Waals surface area contributed by atoms with Crippen LogP contribution in [-0.4, -0.2) is 28.6 Å². The Balaban J connectivity index is 1.88. The molecule has 0 fully saturated rings. The number of nitrogens with one attached hydrogen (secondary N) is 3. The van der Waals surface area contributed by atoms with Crippen molar-refractivity contribution in [1.29, 1.82) is 0 Å². The molecule has 0 radical (unpaired) electrons. The number of halogens is 3. The largest absolute Gasteiger partial charge is 0.442 e. The van der Waals surface area contributed by atoms with Crippen LogP contribution in [0.4, 0.5) is 23.7 Å². The van der Waals surface area contributed by atoms with E-state index in [1.165, 1.54) is 12.1 Å². The van der Waals surface area contributed by atoms with Gasteiger partial charge in [-0.25, -0.2) is 10.2 Å². The number of carbonyl (C=O) groups excluding carboxylic acids is 1. The van der Waals surface area contributed by atoms with Crippen LogP contribution in [-0.2, 0) is 17.5 Å². The van der Waals surface area contributed by atoms with Gasteiger partial charge in [-0.05, 0) is 18.2 Å². The molecule has 126 valence electrons. The van der Waals surface area contributed by atoms with Crippen LogP contribution < -0.4 is 10.7 Å². The average Bonchev–Trinajstić information content (AvgIpc) is 3.06. The van der Waals surface area contributed by atoms with E-state index in [1.54, 1.807) is 12.3 Å². The molecule has 2 heterocycles. The third kappa shape index (κ3) is 3.47. The Morgan fingerprint density at radius 2 is 2.12 bits per heavy atom. The van der Waals surface area contributed by atoms with Crippen molar-refractivity contribution in [2.75, 3.05) is 11.9 Å². The van der Waals surface area contributed by atoms with Crippen LogP contribution in [0, 0.1) is 0 Å². The number of alkyl halides is 3. The molecule has 0 bridgehead atoms. The van der Waals surface area contributed by atoms with E-state index in [0.29, 0.717) is 5.69 Å².